The van der Waals surface area contributed by atoms with Crippen LogP contribution in [0.15, 0.2) is 62.9 Å². The molecule has 0 spiro atoms. The molecular weight excluding hydrogens is 398 g/mol. The van der Waals surface area contributed by atoms with E-state index >= 15 is 0 Å². The second-order valence-electron chi connectivity index (χ2n) is 7.10. The SMILES string of the molecule is O=S(=O)(c1ccc(F)cc1)c1nc(-c2ccc(F)cc2)oc1NC1CCCCC1. The number of nitrogens with one attached hydrogen (secondary N) is 1. The van der Waals surface area contributed by atoms with Crippen molar-refractivity contribution in [2.45, 2.75) is 48.1 Å². The predicted octanol–water partition coefficient (Wildman–Crippen LogP) is 5.20. The number of oxazole rings is 1. The molecule has 0 atom stereocenters. The molecule has 0 aliphatic heterocycles. The van der Waals surface area contributed by atoms with Crippen molar-refractivity contribution >= 4 is 15.7 Å². The van der Waals surface area contributed by atoms with Crippen LogP contribution in [0.25, 0.3) is 11.5 Å². The maximum atomic E-state index is 13.3. The zero-order chi connectivity index (χ0) is 20.4. The standard InChI is InChI=1S/C21H20F2N2O3S/c22-15-8-6-14(7-9-15)19-25-21(20(28-19)24-17-4-2-1-3-5-17)29(26,27)18-12-10-16(23)11-13-18/h6-13,17,24H,1-5H2. The molecular formula is C21H20F2N2O3S. The van der Waals surface area contributed by atoms with E-state index in [-0.39, 0.29) is 27.7 Å². The monoisotopic (exact) mass is 418 g/mol. The Labute approximate surface area is 167 Å². The summed E-state index contributed by atoms with van der Waals surface area (Å²) in [5, 5.41) is 2.93. The molecule has 2 aromatic carbocycles. The van der Waals surface area contributed by atoms with Crippen molar-refractivity contribution in [1.29, 1.82) is 0 Å². The largest absolute Gasteiger partial charge is 0.419 e. The first-order valence-corrected chi connectivity index (χ1v) is 11.0. The van der Waals surface area contributed by atoms with Gasteiger partial charge in [-0.15, -0.1) is 0 Å². The molecule has 1 N–H and O–H groups in total. The van der Waals surface area contributed by atoms with Gasteiger partial charge in [0.1, 0.15) is 11.6 Å². The number of aromatic nitrogens is 1. The lowest BCUT2D eigenvalue weighted by Gasteiger charge is -2.22. The Bertz CT molecular complexity index is 1090. The highest BCUT2D eigenvalue weighted by Gasteiger charge is 2.30. The Balaban J connectivity index is 1.77. The minimum Gasteiger partial charge on any atom is -0.419 e. The molecule has 0 unspecified atom stereocenters. The fraction of sp³-hybridized carbons (Fsp3) is 0.286. The van der Waals surface area contributed by atoms with Crippen molar-refractivity contribution in [2.24, 2.45) is 0 Å². The normalized spacial score (nSPS) is 15.4. The highest BCUT2D eigenvalue weighted by Crippen LogP contribution is 2.34. The maximum Gasteiger partial charge on any atom is 0.234 e. The van der Waals surface area contributed by atoms with Gasteiger partial charge in [-0.3, -0.25) is 0 Å². The summed E-state index contributed by atoms with van der Waals surface area (Å²) < 4.78 is 58.6. The molecule has 3 aromatic rings. The van der Waals surface area contributed by atoms with Gasteiger partial charge < -0.3 is 9.73 Å². The van der Waals surface area contributed by atoms with Gasteiger partial charge in [0.15, 0.2) is 0 Å². The number of nitrogens with zero attached hydrogens (tertiary/aromatic N) is 1. The van der Waals surface area contributed by atoms with Crippen LogP contribution in [0.3, 0.4) is 0 Å². The Morgan fingerprint density at radius 3 is 2.10 bits per heavy atom. The van der Waals surface area contributed by atoms with Crippen LogP contribution in [0.2, 0.25) is 0 Å². The third-order valence-corrected chi connectivity index (χ3v) is 6.68. The van der Waals surface area contributed by atoms with Crippen LogP contribution >= 0.6 is 0 Å². The first-order chi connectivity index (χ1) is 13.9. The summed E-state index contributed by atoms with van der Waals surface area (Å²) in [5.41, 5.74) is 0.457. The lowest BCUT2D eigenvalue weighted by Crippen LogP contribution is -2.23. The van der Waals surface area contributed by atoms with Crippen molar-refractivity contribution in [2.75, 3.05) is 5.32 Å². The number of benzene rings is 2. The molecule has 0 radical (unpaired) electrons. The Morgan fingerprint density at radius 2 is 1.48 bits per heavy atom. The zero-order valence-electron chi connectivity index (χ0n) is 15.6. The molecule has 0 amide bonds. The summed E-state index contributed by atoms with van der Waals surface area (Å²) >= 11 is 0. The van der Waals surface area contributed by atoms with Gasteiger partial charge >= 0.3 is 0 Å². The first kappa shape index (κ1) is 19.6. The quantitative estimate of drug-likeness (QED) is 0.577. The Hall–Kier alpha value is -2.74. The van der Waals surface area contributed by atoms with Crippen molar-refractivity contribution in [3.63, 3.8) is 0 Å². The van der Waals surface area contributed by atoms with Gasteiger partial charge in [0.2, 0.25) is 26.6 Å². The van der Waals surface area contributed by atoms with E-state index in [0.29, 0.717) is 5.56 Å². The molecule has 1 aliphatic rings. The van der Waals surface area contributed by atoms with E-state index in [4.69, 9.17) is 4.42 Å². The van der Waals surface area contributed by atoms with Crippen LogP contribution in [0.5, 0.6) is 0 Å². The molecule has 1 aromatic heterocycles. The average Bonchev–Trinajstić information content (AvgIpc) is 3.14. The van der Waals surface area contributed by atoms with Crippen LogP contribution in [0, 0.1) is 11.6 Å². The fourth-order valence-electron chi connectivity index (χ4n) is 3.45. The van der Waals surface area contributed by atoms with Crippen LogP contribution in [-0.2, 0) is 9.84 Å². The van der Waals surface area contributed by atoms with E-state index in [1.54, 1.807) is 0 Å². The smallest absolute Gasteiger partial charge is 0.234 e. The molecule has 1 heterocycles. The first-order valence-electron chi connectivity index (χ1n) is 9.47. The van der Waals surface area contributed by atoms with Crippen LogP contribution < -0.4 is 5.32 Å². The summed E-state index contributed by atoms with van der Waals surface area (Å²) in [4.78, 5) is 4.13. The molecule has 0 saturated heterocycles. The zero-order valence-corrected chi connectivity index (χ0v) is 16.4. The van der Waals surface area contributed by atoms with Crippen LogP contribution in [-0.4, -0.2) is 19.4 Å². The molecule has 1 aliphatic carbocycles. The number of hydrogen-bond donors (Lipinski definition) is 1. The van der Waals surface area contributed by atoms with Crippen LogP contribution in [0.1, 0.15) is 32.1 Å². The Kier molecular flexibility index (Phi) is 5.36. The van der Waals surface area contributed by atoms with Crippen molar-refractivity contribution in [3.05, 3.63) is 60.2 Å². The van der Waals surface area contributed by atoms with Gasteiger partial charge in [0.05, 0.1) is 4.90 Å². The molecule has 4 rings (SSSR count). The molecule has 152 valence electrons. The third kappa shape index (κ3) is 4.17. The highest BCUT2D eigenvalue weighted by atomic mass is 32.2. The highest BCUT2D eigenvalue weighted by molar-refractivity contribution is 7.91. The minimum atomic E-state index is -4.04. The summed E-state index contributed by atoms with van der Waals surface area (Å²) in [7, 11) is -4.04. The van der Waals surface area contributed by atoms with E-state index in [1.165, 1.54) is 36.4 Å². The van der Waals surface area contributed by atoms with Gasteiger partial charge in [0.25, 0.3) is 0 Å². The van der Waals surface area contributed by atoms with E-state index in [1.807, 2.05) is 0 Å². The van der Waals surface area contributed by atoms with Gasteiger partial charge in [-0.1, -0.05) is 19.3 Å². The molecule has 0 bridgehead atoms. The van der Waals surface area contributed by atoms with E-state index in [2.05, 4.69) is 10.3 Å². The van der Waals surface area contributed by atoms with Crippen LogP contribution in [0.4, 0.5) is 14.7 Å². The fourth-order valence-corrected chi connectivity index (χ4v) is 4.72. The summed E-state index contributed by atoms with van der Waals surface area (Å²) in [5.74, 6) is -0.818. The number of anilines is 1. The second-order valence-corrected chi connectivity index (χ2v) is 8.96. The van der Waals surface area contributed by atoms with Gasteiger partial charge in [0, 0.05) is 11.6 Å². The molecule has 5 nitrogen and oxygen atoms in total. The van der Waals surface area contributed by atoms with Gasteiger partial charge in [-0.2, -0.15) is 4.98 Å². The number of rotatable bonds is 5. The molecule has 1 fully saturated rings. The van der Waals surface area contributed by atoms with Gasteiger partial charge in [-0.25, -0.2) is 17.2 Å². The molecule has 8 heteroatoms. The van der Waals surface area contributed by atoms with E-state index < -0.39 is 21.5 Å². The summed E-state index contributed by atoms with van der Waals surface area (Å²) in [6.07, 6.45) is 5.06. The topological polar surface area (TPSA) is 72.2 Å². The van der Waals surface area contributed by atoms with E-state index in [0.717, 1.165) is 44.2 Å². The Morgan fingerprint density at radius 1 is 0.897 bits per heavy atom. The predicted molar refractivity (Wildman–Crippen MR) is 104 cm³/mol. The van der Waals surface area contributed by atoms with Gasteiger partial charge in [-0.05, 0) is 61.4 Å². The third-order valence-electron chi connectivity index (χ3n) is 5.01. The maximum absolute atomic E-state index is 13.3. The number of halogens is 2. The van der Waals surface area contributed by atoms with Crippen molar-refractivity contribution in [1.82, 2.24) is 4.98 Å². The number of hydrogen-bond acceptors (Lipinski definition) is 5. The second kappa shape index (κ2) is 7.94. The van der Waals surface area contributed by atoms with E-state index in [9.17, 15) is 17.2 Å². The van der Waals surface area contributed by atoms with Crippen molar-refractivity contribution < 1.29 is 21.6 Å². The number of sulfone groups is 1. The average molecular weight is 418 g/mol. The summed E-state index contributed by atoms with van der Waals surface area (Å²) in [6.45, 7) is 0. The molecule has 29 heavy (non-hydrogen) atoms. The lowest BCUT2D eigenvalue weighted by atomic mass is 9.96. The van der Waals surface area contributed by atoms with Crippen molar-refractivity contribution in [3.8, 4) is 11.5 Å². The molecule has 1 saturated carbocycles. The lowest BCUT2D eigenvalue weighted by molar-refractivity contribution is 0.450. The summed E-state index contributed by atoms with van der Waals surface area (Å²) in [6, 6.07) is 10.1. The minimum absolute atomic E-state index is 0.0561.